The molecule has 1 aliphatic heterocycles. The molecule has 0 unspecified atom stereocenters. The molecule has 0 aromatic carbocycles. The van der Waals surface area contributed by atoms with Crippen molar-refractivity contribution in [1.82, 2.24) is 20.4 Å². The fourth-order valence-electron chi connectivity index (χ4n) is 2.34. The van der Waals surface area contributed by atoms with Crippen LogP contribution in [0.1, 0.15) is 45.0 Å². The average Bonchev–Trinajstić information content (AvgIpc) is 3.16. The second kappa shape index (κ2) is 5.16. The third-order valence-corrected chi connectivity index (χ3v) is 4.49. The first-order chi connectivity index (χ1) is 10.7. The summed E-state index contributed by atoms with van der Waals surface area (Å²) in [6, 6.07) is 1.37. The van der Waals surface area contributed by atoms with E-state index in [4.69, 9.17) is 4.52 Å². The van der Waals surface area contributed by atoms with E-state index < -0.39 is 11.6 Å². The average molecular weight is 334 g/mol. The van der Waals surface area contributed by atoms with Gasteiger partial charge in [0.15, 0.2) is 5.82 Å². The molecule has 1 aliphatic rings. The van der Waals surface area contributed by atoms with Crippen molar-refractivity contribution in [3.05, 3.63) is 34.1 Å². The van der Waals surface area contributed by atoms with E-state index in [1.165, 1.54) is 11.3 Å². The summed E-state index contributed by atoms with van der Waals surface area (Å²) >= 11 is 1.48. The first kappa shape index (κ1) is 15.7. The summed E-state index contributed by atoms with van der Waals surface area (Å²) in [5.41, 5.74) is -0.543. The molecule has 0 saturated carbocycles. The van der Waals surface area contributed by atoms with Gasteiger partial charge in [-0.25, -0.2) is 4.79 Å². The van der Waals surface area contributed by atoms with Gasteiger partial charge in [0.1, 0.15) is 12.1 Å². The van der Waals surface area contributed by atoms with Gasteiger partial charge >= 0.3 is 6.03 Å². The molecule has 23 heavy (non-hydrogen) atoms. The maximum atomic E-state index is 12.7. The number of thiophene rings is 1. The Balaban J connectivity index is 1.83. The van der Waals surface area contributed by atoms with E-state index in [2.05, 4.69) is 15.5 Å². The molecule has 8 heteroatoms. The molecule has 3 rings (SSSR count). The van der Waals surface area contributed by atoms with Crippen molar-refractivity contribution in [2.45, 2.75) is 45.2 Å². The molecule has 0 bridgehead atoms. The Bertz CT molecular complexity index is 747. The third-order valence-electron chi connectivity index (χ3n) is 3.81. The Kier molecular flexibility index (Phi) is 3.51. The van der Waals surface area contributed by atoms with Crippen LogP contribution in [0.5, 0.6) is 0 Å². The van der Waals surface area contributed by atoms with E-state index in [-0.39, 0.29) is 23.8 Å². The summed E-state index contributed by atoms with van der Waals surface area (Å²) in [5.74, 6) is 0.463. The van der Waals surface area contributed by atoms with Crippen LogP contribution in [0.2, 0.25) is 0 Å². The highest BCUT2D eigenvalue weighted by Crippen LogP contribution is 2.31. The smallest absolute Gasteiger partial charge is 0.325 e. The minimum atomic E-state index is -1.05. The number of nitrogens with one attached hydrogen (secondary N) is 1. The Morgan fingerprint density at radius 2 is 2.13 bits per heavy atom. The molecule has 0 spiro atoms. The van der Waals surface area contributed by atoms with Crippen molar-refractivity contribution in [1.29, 1.82) is 0 Å². The van der Waals surface area contributed by atoms with Gasteiger partial charge < -0.3 is 9.84 Å². The number of imide groups is 1. The van der Waals surface area contributed by atoms with Crippen LogP contribution in [0.25, 0.3) is 0 Å². The van der Waals surface area contributed by atoms with Gasteiger partial charge in [-0.05, 0) is 29.3 Å². The molecule has 1 atom stereocenters. The molecule has 0 radical (unpaired) electrons. The van der Waals surface area contributed by atoms with Crippen LogP contribution < -0.4 is 5.32 Å². The Hall–Kier alpha value is -2.22. The molecule has 1 saturated heterocycles. The van der Waals surface area contributed by atoms with Crippen LogP contribution >= 0.6 is 11.3 Å². The van der Waals surface area contributed by atoms with E-state index in [1.54, 1.807) is 6.92 Å². The summed E-state index contributed by atoms with van der Waals surface area (Å²) in [6.45, 7) is 7.55. The number of carbonyl (C=O) groups is 2. The third kappa shape index (κ3) is 2.63. The molecule has 3 heterocycles. The highest BCUT2D eigenvalue weighted by atomic mass is 32.1. The van der Waals surface area contributed by atoms with Crippen molar-refractivity contribution in [2.24, 2.45) is 0 Å². The molecular weight excluding hydrogens is 316 g/mol. The van der Waals surface area contributed by atoms with Crippen LogP contribution in [-0.2, 0) is 22.3 Å². The maximum absolute atomic E-state index is 12.7. The van der Waals surface area contributed by atoms with Crippen molar-refractivity contribution in [3.8, 4) is 0 Å². The Morgan fingerprint density at radius 3 is 2.70 bits per heavy atom. The van der Waals surface area contributed by atoms with Gasteiger partial charge in [-0.3, -0.25) is 9.69 Å². The first-order valence-corrected chi connectivity index (χ1v) is 8.16. The minimum Gasteiger partial charge on any atom is -0.337 e. The van der Waals surface area contributed by atoms with Crippen molar-refractivity contribution in [3.63, 3.8) is 0 Å². The van der Waals surface area contributed by atoms with Crippen LogP contribution in [0.3, 0.4) is 0 Å². The van der Waals surface area contributed by atoms with Gasteiger partial charge in [0, 0.05) is 5.41 Å². The number of rotatable bonds is 3. The van der Waals surface area contributed by atoms with Gasteiger partial charge in [0.05, 0.1) is 0 Å². The van der Waals surface area contributed by atoms with E-state index in [0.29, 0.717) is 5.82 Å². The van der Waals surface area contributed by atoms with Gasteiger partial charge in [-0.1, -0.05) is 25.9 Å². The SMILES string of the molecule is CC(C)(C)c1noc(CN2C(=O)N[C@@](C)(c3ccsc3)C2=O)n1. The van der Waals surface area contributed by atoms with Gasteiger partial charge in [0.25, 0.3) is 5.91 Å². The normalized spacial score (nSPS) is 21.8. The lowest BCUT2D eigenvalue weighted by atomic mass is 9.95. The molecule has 2 aromatic heterocycles. The van der Waals surface area contributed by atoms with Gasteiger partial charge in [-0.15, -0.1) is 0 Å². The molecular formula is C15H18N4O3S. The molecule has 0 aliphatic carbocycles. The summed E-state index contributed by atoms with van der Waals surface area (Å²) in [6.07, 6.45) is 0. The highest BCUT2D eigenvalue weighted by molar-refractivity contribution is 7.08. The van der Waals surface area contributed by atoms with Crippen LogP contribution in [0.15, 0.2) is 21.3 Å². The van der Waals surface area contributed by atoms with E-state index in [1.807, 2.05) is 37.6 Å². The molecule has 2 aromatic rings. The molecule has 1 fully saturated rings. The second-order valence-corrected chi connectivity index (χ2v) is 7.50. The number of carbonyl (C=O) groups excluding carboxylic acids is 2. The lowest BCUT2D eigenvalue weighted by Crippen LogP contribution is -2.40. The second-order valence-electron chi connectivity index (χ2n) is 6.72. The minimum absolute atomic E-state index is 0.0343. The standard InChI is InChI=1S/C15H18N4O3S/c1-14(2,3)11-16-10(22-18-11)7-19-12(20)15(4,17-13(19)21)9-5-6-23-8-9/h5-6,8H,7H2,1-4H3,(H,17,21)/t15-/m0/s1. The Labute approximate surface area is 137 Å². The fraction of sp³-hybridized carbons (Fsp3) is 0.467. The van der Waals surface area contributed by atoms with Crippen LogP contribution in [0.4, 0.5) is 4.79 Å². The van der Waals surface area contributed by atoms with E-state index >= 15 is 0 Å². The number of amides is 3. The van der Waals surface area contributed by atoms with Gasteiger partial charge in [0.2, 0.25) is 5.89 Å². The lowest BCUT2D eigenvalue weighted by Gasteiger charge is -2.20. The van der Waals surface area contributed by atoms with E-state index in [9.17, 15) is 9.59 Å². The molecule has 122 valence electrons. The molecule has 1 N–H and O–H groups in total. The molecule has 3 amide bonds. The van der Waals surface area contributed by atoms with Gasteiger partial charge in [-0.2, -0.15) is 16.3 Å². The number of nitrogens with zero attached hydrogens (tertiary/aromatic N) is 3. The quantitative estimate of drug-likeness (QED) is 0.871. The van der Waals surface area contributed by atoms with Crippen molar-refractivity contribution >= 4 is 23.3 Å². The number of aromatic nitrogens is 2. The predicted molar refractivity (Wildman–Crippen MR) is 83.8 cm³/mol. The summed E-state index contributed by atoms with van der Waals surface area (Å²) in [4.78, 5) is 30.3. The lowest BCUT2D eigenvalue weighted by molar-refractivity contribution is -0.131. The summed E-state index contributed by atoms with van der Waals surface area (Å²) in [7, 11) is 0. The van der Waals surface area contributed by atoms with Crippen LogP contribution in [-0.4, -0.2) is 27.0 Å². The van der Waals surface area contributed by atoms with E-state index in [0.717, 1.165) is 10.5 Å². The summed E-state index contributed by atoms with van der Waals surface area (Å²) in [5, 5.41) is 10.4. The highest BCUT2D eigenvalue weighted by Gasteiger charge is 2.49. The van der Waals surface area contributed by atoms with Crippen molar-refractivity contribution < 1.29 is 14.1 Å². The first-order valence-electron chi connectivity index (χ1n) is 7.21. The number of hydrogen-bond acceptors (Lipinski definition) is 6. The zero-order valence-electron chi connectivity index (χ0n) is 13.4. The Morgan fingerprint density at radius 1 is 1.39 bits per heavy atom. The topological polar surface area (TPSA) is 88.3 Å². The van der Waals surface area contributed by atoms with Crippen LogP contribution in [0, 0.1) is 0 Å². The fourth-order valence-corrected chi connectivity index (χ4v) is 3.11. The largest absolute Gasteiger partial charge is 0.337 e. The number of urea groups is 1. The zero-order chi connectivity index (χ0) is 16.8. The zero-order valence-corrected chi connectivity index (χ0v) is 14.2. The number of hydrogen-bond donors (Lipinski definition) is 1. The summed E-state index contributed by atoms with van der Waals surface area (Å²) < 4.78 is 5.18. The predicted octanol–water partition coefficient (Wildman–Crippen LogP) is 2.40. The van der Waals surface area contributed by atoms with Crippen molar-refractivity contribution in [2.75, 3.05) is 0 Å². The maximum Gasteiger partial charge on any atom is 0.325 e. The molecule has 7 nitrogen and oxygen atoms in total. The monoisotopic (exact) mass is 334 g/mol.